The Morgan fingerprint density at radius 2 is 1.76 bits per heavy atom. The topological polar surface area (TPSA) is 209 Å². The highest BCUT2D eigenvalue weighted by Gasteiger charge is 2.50. The van der Waals surface area contributed by atoms with Gasteiger partial charge in [0.15, 0.2) is 6.29 Å². The van der Waals surface area contributed by atoms with Gasteiger partial charge in [-0.05, 0) is 32.9 Å². The van der Waals surface area contributed by atoms with Crippen LogP contribution in [0.15, 0.2) is 17.0 Å². The number of nitrogens with zero attached hydrogens (tertiary/aromatic N) is 1. The maximum Gasteiger partial charge on any atom is 0.215 e. The van der Waals surface area contributed by atoms with Crippen LogP contribution < -0.4 is 22.5 Å². The molecule has 2 fully saturated rings. The Bertz CT molecular complexity index is 710. The summed E-state index contributed by atoms with van der Waals surface area (Å²) in [4.78, 5) is 4.66. The second-order valence-electron chi connectivity index (χ2n) is 8.96. The first kappa shape index (κ1) is 26.2. The number of nitrogens with one attached hydrogen (secondary N) is 1. The summed E-state index contributed by atoms with van der Waals surface area (Å²) >= 11 is 0. The minimum atomic E-state index is -1.30. The SMILES string of the molecule is CN[C@@H]1[C@@H](O)[C@@H](O[C@@H]2[C@@H](O)[C@H](O[C@H]3OC(/C=N\OC)=CC[C@H]3N)[C@@H](N)C[C@H]2N)OC[C@]1(C)O. The fraction of sp³-hybridized carbons (Fsp3) is 0.850. The van der Waals surface area contributed by atoms with E-state index in [0.717, 1.165) is 0 Å². The Hall–Kier alpha value is -1.39. The summed E-state index contributed by atoms with van der Waals surface area (Å²) in [7, 11) is 3.02. The third kappa shape index (κ3) is 5.82. The molecular formula is C20H37N5O8. The smallest absolute Gasteiger partial charge is 0.215 e. The Morgan fingerprint density at radius 3 is 2.36 bits per heavy atom. The molecule has 190 valence electrons. The number of rotatable bonds is 7. The molecule has 2 heterocycles. The summed E-state index contributed by atoms with van der Waals surface area (Å²) < 4.78 is 23.2. The van der Waals surface area contributed by atoms with Crippen LogP contribution in [0.25, 0.3) is 0 Å². The van der Waals surface area contributed by atoms with Crippen LogP contribution in [0.3, 0.4) is 0 Å². The fourth-order valence-electron chi connectivity index (χ4n) is 4.46. The lowest BCUT2D eigenvalue weighted by atomic mass is 9.84. The molecule has 13 nitrogen and oxygen atoms in total. The quantitative estimate of drug-likeness (QED) is 0.144. The molecule has 11 atom stereocenters. The molecule has 0 aromatic rings. The van der Waals surface area contributed by atoms with Gasteiger partial charge in [0.2, 0.25) is 6.29 Å². The van der Waals surface area contributed by atoms with E-state index in [1.165, 1.54) is 13.3 Å². The van der Waals surface area contributed by atoms with E-state index < -0.39 is 66.8 Å². The Morgan fingerprint density at radius 1 is 1.12 bits per heavy atom. The molecule has 3 aliphatic rings. The fourth-order valence-corrected chi connectivity index (χ4v) is 4.46. The van der Waals surface area contributed by atoms with Gasteiger partial charge in [-0.25, -0.2) is 0 Å². The summed E-state index contributed by atoms with van der Waals surface area (Å²) in [5.74, 6) is 0.413. The molecule has 0 unspecified atom stereocenters. The molecule has 0 radical (unpaired) electrons. The molecule has 1 saturated carbocycles. The number of likely N-dealkylation sites (N-methyl/N-ethyl adjacent to an activating group) is 1. The average molecular weight is 476 g/mol. The van der Waals surface area contributed by atoms with Crippen LogP contribution in [0.4, 0.5) is 0 Å². The number of aliphatic hydroxyl groups is 3. The van der Waals surface area contributed by atoms with Crippen molar-refractivity contribution in [3.8, 4) is 0 Å². The van der Waals surface area contributed by atoms with Crippen LogP contribution >= 0.6 is 0 Å². The number of hydrogen-bond donors (Lipinski definition) is 7. The zero-order valence-corrected chi connectivity index (χ0v) is 19.1. The van der Waals surface area contributed by atoms with Gasteiger partial charge in [0, 0.05) is 12.1 Å². The molecule has 1 aliphatic carbocycles. The van der Waals surface area contributed by atoms with Crippen molar-refractivity contribution in [3.63, 3.8) is 0 Å². The third-order valence-corrected chi connectivity index (χ3v) is 6.26. The predicted molar refractivity (Wildman–Crippen MR) is 117 cm³/mol. The van der Waals surface area contributed by atoms with E-state index in [1.54, 1.807) is 20.0 Å². The molecule has 10 N–H and O–H groups in total. The first-order valence-electron chi connectivity index (χ1n) is 11.0. The van der Waals surface area contributed by atoms with E-state index in [4.69, 9.17) is 36.1 Å². The van der Waals surface area contributed by atoms with Gasteiger partial charge < -0.3 is 61.6 Å². The standard InChI is InChI=1S/C20H37N5O8/c1-20(28)8-30-19(14(27)17(20)24-2)33-16-12(23)6-11(22)15(13(16)26)32-18-10(21)5-4-9(31-18)7-25-29-3/h4,7,10-19,24,26-28H,5-6,8,21-23H2,1-3H3/b25-7-/t10-,11+,12-,13+,14-,15-,16+,17-,18-,19-,20+/m1/s1. The highest BCUT2D eigenvalue weighted by Crippen LogP contribution is 2.31. The van der Waals surface area contributed by atoms with Crippen molar-refractivity contribution in [3.05, 3.63) is 11.8 Å². The number of hydrogen-bond acceptors (Lipinski definition) is 13. The van der Waals surface area contributed by atoms with Crippen LogP contribution in [0.1, 0.15) is 19.8 Å². The molecule has 0 aromatic heterocycles. The monoisotopic (exact) mass is 475 g/mol. The Balaban J connectivity index is 1.69. The number of allylic oxidation sites excluding steroid dienone is 1. The molecule has 2 aliphatic heterocycles. The summed E-state index contributed by atoms with van der Waals surface area (Å²) in [5.41, 5.74) is 17.3. The summed E-state index contributed by atoms with van der Waals surface area (Å²) in [6, 6.07) is -2.47. The van der Waals surface area contributed by atoms with Crippen LogP contribution in [0.2, 0.25) is 0 Å². The number of aliphatic hydroxyl groups excluding tert-OH is 2. The summed E-state index contributed by atoms with van der Waals surface area (Å²) in [6.07, 6.45) is -2.49. The molecular weight excluding hydrogens is 438 g/mol. The van der Waals surface area contributed by atoms with E-state index in [9.17, 15) is 15.3 Å². The van der Waals surface area contributed by atoms with Gasteiger partial charge in [0.25, 0.3) is 0 Å². The molecule has 0 aromatic carbocycles. The van der Waals surface area contributed by atoms with Crippen molar-refractivity contribution >= 4 is 6.21 Å². The highest BCUT2D eigenvalue weighted by atomic mass is 16.7. The highest BCUT2D eigenvalue weighted by molar-refractivity contribution is 5.75. The van der Waals surface area contributed by atoms with E-state index >= 15 is 0 Å². The molecule has 33 heavy (non-hydrogen) atoms. The van der Waals surface area contributed by atoms with Crippen molar-refractivity contribution in [1.29, 1.82) is 0 Å². The van der Waals surface area contributed by atoms with Gasteiger partial charge in [-0.15, -0.1) is 0 Å². The van der Waals surface area contributed by atoms with Crippen molar-refractivity contribution in [2.45, 2.75) is 86.5 Å². The average Bonchev–Trinajstić information content (AvgIpc) is 2.75. The maximum atomic E-state index is 11.1. The number of ether oxygens (including phenoxy) is 4. The van der Waals surface area contributed by atoms with Gasteiger partial charge in [-0.2, -0.15) is 0 Å². The second kappa shape index (κ2) is 10.9. The van der Waals surface area contributed by atoms with Crippen LogP contribution in [0, 0.1) is 0 Å². The van der Waals surface area contributed by atoms with Gasteiger partial charge in [0.1, 0.15) is 49.1 Å². The van der Waals surface area contributed by atoms with E-state index in [2.05, 4.69) is 15.3 Å². The number of nitrogens with two attached hydrogens (primary N) is 3. The summed E-state index contributed by atoms with van der Waals surface area (Å²) in [5, 5.41) is 38.7. The Kier molecular flexibility index (Phi) is 8.66. The normalized spacial score (nSPS) is 46.6. The molecule has 0 spiro atoms. The van der Waals surface area contributed by atoms with Crippen LogP contribution in [-0.4, -0.2) is 109 Å². The molecule has 3 rings (SSSR count). The lowest BCUT2D eigenvalue weighted by Crippen LogP contribution is -2.68. The van der Waals surface area contributed by atoms with Crippen LogP contribution in [-0.2, 0) is 23.8 Å². The van der Waals surface area contributed by atoms with Gasteiger partial charge in [0.05, 0.1) is 18.7 Å². The molecule has 0 bridgehead atoms. The number of oxime groups is 1. The van der Waals surface area contributed by atoms with E-state index in [1.807, 2.05) is 0 Å². The van der Waals surface area contributed by atoms with Gasteiger partial charge >= 0.3 is 0 Å². The second-order valence-corrected chi connectivity index (χ2v) is 8.96. The van der Waals surface area contributed by atoms with E-state index in [0.29, 0.717) is 12.2 Å². The van der Waals surface area contributed by atoms with Gasteiger partial charge in [-0.3, -0.25) is 0 Å². The third-order valence-electron chi connectivity index (χ3n) is 6.26. The summed E-state index contributed by atoms with van der Waals surface area (Å²) in [6.45, 7) is 1.46. The predicted octanol–water partition coefficient (Wildman–Crippen LogP) is -3.18. The zero-order valence-electron chi connectivity index (χ0n) is 19.1. The Labute approximate surface area is 192 Å². The molecule has 13 heteroatoms. The van der Waals surface area contributed by atoms with Crippen LogP contribution in [0.5, 0.6) is 0 Å². The van der Waals surface area contributed by atoms with Crippen molar-refractivity contribution in [1.82, 2.24) is 5.32 Å². The minimum absolute atomic E-state index is 0.0827. The lowest BCUT2D eigenvalue weighted by Gasteiger charge is -2.48. The maximum absolute atomic E-state index is 11.1. The van der Waals surface area contributed by atoms with Gasteiger partial charge in [-0.1, -0.05) is 5.16 Å². The van der Waals surface area contributed by atoms with Crippen molar-refractivity contribution in [2.24, 2.45) is 22.4 Å². The molecule has 0 amide bonds. The van der Waals surface area contributed by atoms with Crippen molar-refractivity contribution < 1.29 is 39.1 Å². The first-order valence-corrected chi connectivity index (χ1v) is 11.0. The first-order chi connectivity index (χ1) is 15.6. The largest absolute Gasteiger partial charge is 0.462 e. The van der Waals surface area contributed by atoms with E-state index in [-0.39, 0.29) is 13.0 Å². The minimum Gasteiger partial charge on any atom is -0.462 e. The zero-order chi connectivity index (χ0) is 24.3. The molecule has 1 saturated heterocycles. The lowest BCUT2D eigenvalue weighted by molar-refractivity contribution is -0.302. The van der Waals surface area contributed by atoms with Crippen molar-refractivity contribution in [2.75, 3.05) is 20.8 Å².